The van der Waals surface area contributed by atoms with Crippen LogP contribution in [0.5, 0.6) is 0 Å². The van der Waals surface area contributed by atoms with Gasteiger partial charge in [-0.1, -0.05) is 48.5 Å². The van der Waals surface area contributed by atoms with Gasteiger partial charge in [0.25, 0.3) is 0 Å². The van der Waals surface area contributed by atoms with Crippen molar-refractivity contribution in [2.24, 2.45) is 0 Å². The molecule has 1 spiro atoms. The fourth-order valence-corrected chi connectivity index (χ4v) is 6.21. The van der Waals surface area contributed by atoms with Crippen LogP contribution in [0.1, 0.15) is 36.5 Å². The van der Waals surface area contributed by atoms with E-state index in [4.69, 9.17) is 0 Å². The molecule has 0 amide bonds. The predicted molar refractivity (Wildman–Crippen MR) is 130 cm³/mol. The summed E-state index contributed by atoms with van der Waals surface area (Å²) in [7, 11) is 0. The molecule has 1 aromatic heterocycles. The van der Waals surface area contributed by atoms with E-state index >= 15 is 0 Å². The standard InChI is InChI=1S/C28H30N3O/c1-2-31-26-10-6-4-8-23(26)24-17-21(11-12-27(24)31)18-29-15-13-28(14-16-29)20-30(32)19-22-7-3-5-9-25(22)28/h3-12,17H,2,13-16,18-20H2,1H3/q+1. The highest BCUT2D eigenvalue weighted by molar-refractivity contribution is 6.08. The van der Waals surface area contributed by atoms with Crippen LogP contribution < -0.4 is 0 Å². The molecule has 4 heteroatoms. The Bertz CT molecular complexity index is 1330. The van der Waals surface area contributed by atoms with Gasteiger partial charge in [0.05, 0.1) is 5.41 Å². The average molecular weight is 425 g/mol. The van der Waals surface area contributed by atoms with Crippen LogP contribution in [0.15, 0.2) is 66.7 Å². The largest absolute Gasteiger partial charge is 0.341 e. The maximum atomic E-state index is 12.4. The van der Waals surface area contributed by atoms with Crippen LogP contribution in [0, 0.1) is 4.91 Å². The number of aryl methyl sites for hydroxylation is 1. The molecule has 162 valence electrons. The molecule has 0 radical (unpaired) electrons. The molecule has 0 aliphatic carbocycles. The van der Waals surface area contributed by atoms with Crippen LogP contribution in [-0.4, -0.2) is 33.9 Å². The third-order valence-electron chi connectivity index (χ3n) is 7.79. The van der Waals surface area contributed by atoms with E-state index in [1.807, 2.05) is 0 Å². The number of piperidine rings is 1. The van der Waals surface area contributed by atoms with Gasteiger partial charge in [-0.2, -0.15) is 0 Å². The summed E-state index contributed by atoms with van der Waals surface area (Å²) in [6.45, 7) is 7.42. The molecule has 0 unspecified atom stereocenters. The average Bonchev–Trinajstić information content (AvgIpc) is 3.14. The topological polar surface area (TPSA) is 28.2 Å². The number of benzene rings is 3. The van der Waals surface area contributed by atoms with Crippen LogP contribution in [0.2, 0.25) is 0 Å². The summed E-state index contributed by atoms with van der Waals surface area (Å²) >= 11 is 0. The second-order valence-corrected chi connectivity index (χ2v) is 9.62. The third-order valence-corrected chi connectivity index (χ3v) is 7.79. The van der Waals surface area contributed by atoms with Gasteiger partial charge in [0.1, 0.15) is 0 Å². The van der Waals surface area contributed by atoms with Gasteiger partial charge in [0.15, 0.2) is 0 Å². The molecule has 1 fully saturated rings. The number of nitrogens with zero attached hydrogens (tertiary/aromatic N) is 3. The number of hydrogen-bond donors (Lipinski definition) is 0. The Balaban J connectivity index is 1.25. The first-order chi connectivity index (χ1) is 15.7. The van der Waals surface area contributed by atoms with Crippen molar-refractivity contribution < 1.29 is 4.76 Å². The minimum atomic E-state index is 0.0194. The van der Waals surface area contributed by atoms with E-state index in [-0.39, 0.29) is 5.41 Å². The number of para-hydroxylation sites is 1. The SMILES string of the molecule is CCn1c2ccccc2c2cc(CN3CCC4(CC3)C[N+](=O)Cc3ccccc34)ccc21. The van der Waals surface area contributed by atoms with Crippen molar-refractivity contribution in [3.63, 3.8) is 0 Å². The number of nitroso groups, excluding NO2 is 1. The normalized spacial score (nSPS) is 18.5. The first-order valence-electron chi connectivity index (χ1n) is 11.9. The maximum Gasteiger partial charge on any atom is 0.217 e. The second-order valence-electron chi connectivity index (χ2n) is 9.62. The Labute approximate surface area is 189 Å². The fraction of sp³-hybridized carbons (Fsp3) is 0.357. The van der Waals surface area contributed by atoms with E-state index in [1.165, 1.54) is 43.3 Å². The summed E-state index contributed by atoms with van der Waals surface area (Å²) in [5.41, 5.74) is 6.68. The summed E-state index contributed by atoms with van der Waals surface area (Å²) < 4.78 is 3.68. The zero-order chi connectivity index (χ0) is 21.7. The van der Waals surface area contributed by atoms with E-state index < -0.39 is 0 Å². The minimum Gasteiger partial charge on any atom is -0.341 e. The highest BCUT2D eigenvalue weighted by Crippen LogP contribution is 2.41. The van der Waals surface area contributed by atoms with Gasteiger partial charge in [-0.25, -0.2) is 0 Å². The van der Waals surface area contributed by atoms with Gasteiger partial charge in [0.2, 0.25) is 13.1 Å². The maximum absolute atomic E-state index is 12.4. The summed E-state index contributed by atoms with van der Waals surface area (Å²) in [6.07, 6.45) is 2.11. The number of fused-ring (bicyclic) bond motifs is 5. The second kappa shape index (κ2) is 7.56. The van der Waals surface area contributed by atoms with Crippen LogP contribution in [0.25, 0.3) is 21.8 Å². The van der Waals surface area contributed by atoms with Crippen molar-refractivity contribution in [2.45, 2.75) is 44.8 Å². The molecule has 2 aliphatic rings. The molecular formula is C28H30N3O+. The van der Waals surface area contributed by atoms with Crippen LogP contribution in [0.3, 0.4) is 0 Å². The quantitative estimate of drug-likeness (QED) is 0.398. The zero-order valence-corrected chi connectivity index (χ0v) is 18.8. The molecule has 0 N–H and O–H groups in total. The minimum absolute atomic E-state index is 0.0194. The molecular weight excluding hydrogens is 394 g/mol. The van der Waals surface area contributed by atoms with Crippen molar-refractivity contribution >= 4 is 21.8 Å². The summed E-state index contributed by atoms with van der Waals surface area (Å²) in [6, 6.07) is 24.3. The Hall–Kier alpha value is -2.98. The van der Waals surface area contributed by atoms with Crippen molar-refractivity contribution in [3.05, 3.63) is 88.3 Å². The zero-order valence-electron chi connectivity index (χ0n) is 18.8. The Morgan fingerprint density at radius 1 is 0.906 bits per heavy atom. The van der Waals surface area contributed by atoms with Gasteiger partial charge >= 0.3 is 0 Å². The summed E-state index contributed by atoms with van der Waals surface area (Å²) in [5, 5.41) is 2.70. The van der Waals surface area contributed by atoms with E-state index in [0.717, 1.165) is 39.0 Å². The molecule has 2 aliphatic heterocycles. The Kier molecular flexibility index (Phi) is 4.65. The Morgan fingerprint density at radius 3 is 2.50 bits per heavy atom. The van der Waals surface area contributed by atoms with E-state index in [2.05, 4.69) is 83.1 Å². The lowest BCUT2D eigenvalue weighted by molar-refractivity contribution is -0.579. The van der Waals surface area contributed by atoms with E-state index in [9.17, 15) is 4.91 Å². The molecule has 1 saturated heterocycles. The lowest BCUT2D eigenvalue weighted by Crippen LogP contribution is -2.49. The lowest BCUT2D eigenvalue weighted by Gasteiger charge is -2.42. The molecule has 3 heterocycles. The predicted octanol–water partition coefficient (Wildman–Crippen LogP) is 5.64. The van der Waals surface area contributed by atoms with Gasteiger partial charge in [-0.05, 0) is 62.2 Å². The number of aromatic nitrogens is 1. The molecule has 32 heavy (non-hydrogen) atoms. The van der Waals surface area contributed by atoms with Crippen molar-refractivity contribution in [1.82, 2.24) is 9.47 Å². The van der Waals surface area contributed by atoms with Crippen molar-refractivity contribution in [3.8, 4) is 0 Å². The smallest absolute Gasteiger partial charge is 0.217 e. The van der Waals surface area contributed by atoms with Crippen molar-refractivity contribution in [1.29, 1.82) is 0 Å². The first-order valence-corrected chi connectivity index (χ1v) is 11.9. The van der Waals surface area contributed by atoms with E-state index in [1.54, 1.807) is 0 Å². The van der Waals surface area contributed by atoms with Gasteiger partial charge in [0, 0.05) is 50.1 Å². The molecule has 6 rings (SSSR count). The molecule has 4 nitrogen and oxygen atoms in total. The van der Waals surface area contributed by atoms with Gasteiger partial charge in [-0.15, -0.1) is 0 Å². The van der Waals surface area contributed by atoms with Crippen LogP contribution >= 0.6 is 0 Å². The first kappa shape index (κ1) is 19.7. The number of hydrogen-bond acceptors (Lipinski definition) is 2. The fourth-order valence-electron chi connectivity index (χ4n) is 6.21. The molecule has 0 atom stereocenters. The van der Waals surface area contributed by atoms with Crippen LogP contribution in [0.4, 0.5) is 0 Å². The summed E-state index contributed by atoms with van der Waals surface area (Å²) in [4.78, 5) is 15.0. The number of rotatable bonds is 3. The molecule has 0 saturated carbocycles. The number of likely N-dealkylation sites (tertiary alicyclic amines) is 1. The summed E-state index contributed by atoms with van der Waals surface area (Å²) in [5.74, 6) is 0. The molecule has 3 aromatic carbocycles. The lowest BCUT2D eigenvalue weighted by atomic mass is 9.69. The third kappa shape index (κ3) is 3.08. The Morgan fingerprint density at radius 2 is 1.66 bits per heavy atom. The van der Waals surface area contributed by atoms with E-state index in [0.29, 0.717) is 13.1 Å². The highest BCUT2D eigenvalue weighted by atomic mass is 16.3. The van der Waals surface area contributed by atoms with Gasteiger partial charge < -0.3 is 4.57 Å². The molecule has 4 aromatic rings. The molecule has 0 bridgehead atoms. The highest BCUT2D eigenvalue weighted by Gasteiger charge is 2.46. The monoisotopic (exact) mass is 424 g/mol. The van der Waals surface area contributed by atoms with Gasteiger partial charge in [-0.3, -0.25) is 4.90 Å². The van der Waals surface area contributed by atoms with Crippen molar-refractivity contribution in [2.75, 3.05) is 19.6 Å². The van der Waals surface area contributed by atoms with Crippen LogP contribution in [-0.2, 0) is 25.0 Å².